The second-order valence-electron chi connectivity index (χ2n) is 2.88. The van der Waals surface area contributed by atoms with E-state index in [1.165, 1.54) is 11.3 Å². The molecule has 0 unspecified atom stereocenters. The first-order chi connectivity index (χ1) is 7.06. The van der Waals surface area contributed by atoms with Crippen LogP contribution in [0, 0.1) is 0 Å². The van der Waals surface area contributed by atoms with Gasteiger partial charge in [0, 0.05) is 11.0 Å². The third-order valence-electron chi connectivity index (χ3n) is 1.83. The second kappa shape index (κ2) is 5.58. The molecule has 15 heavy (non-hydrogen) atoms. The minimum atomic E-state index is -0.0350. The first kappa shape index (κ1) is 12.6. The molecule has 1 heterocycles. The van der Waals surface area contributed by atoms with Crippen molar-refractivity contribution < 1.29 is 4.79 Å². The molecule has 1 rings (SSSR count). The minimum absolute atomic E-state index is 0.0350. The molecule has 2 N–H and O–H groups in total. The Morgan fingerprint density at radius 2 is 2.40 bits per heavy atom. The highest BCUT2D eigenvalue weighted by molar-refractivity contribution is 9.10. The molecule has 0 radical (unpaired) electrons. The first-order valence-electron chi connectivity index (χ1n) is 4.36. The second-order valence-corrected chi connectivity index (χ2v) is 5.18. The van der Waals surface area contributed by atoms with Gasteiger partial charge in [0.15, 0.2) is 0 Å². The van der Waals surface area contributed by atoms with Crippen LogP contribution in [-0.2, 0) is 0 Å². The summed E-state index contributed by atoms with van der Waals surface area (Å²) in [5, 5.41) is 1.87. The number of nitrogens with two attached hydrogens (primary N) is 1. The summed E-state index contributed by atoms with van der Waals surface area (Å²) in [7, 11) is 0. The lowest BCUT2D eigenvalue weighted by Crippen LogP contribution is -2.37. The number of nitrogens with zero attached hydrogens (tertiary/aromatic N) is 1. The maximum Gasteiger partial charge on any atom is 0.265 e. The van der Waals surface area contributed by atoms with E-state index < -0.39 is 0 Å². The van der Waals surface area contributed by atoms with Gasteiger partial charge in [-0.15, -0.1) is 11.3 Å². The quantitative estimate of drug-likeness (QED) is 0.868. The Bertz CT molecular complexity index is 378. The van der Waals surface area contributed by atoms with Crippen LogP contribution in [0.3, 0.4) is 0 Å². The van der Waals surface area contributed by atoms with Crippen molar-refractivity contribution in [3.8, 4) is 0 Å². The van der Waals surface area contributed by atoms with Gasteiger partial charge in [0.1, 0.15) is 4.88 Å². The smallest absolute Gasteiger partial charge is 0.265 e. The highest BCUT2D eigenvalue weighted by atomic mass is 79.9. The monoisotopic (exact) mass is 306 g/mol. The molecule has 0 saturated heterocycles. The minimum Gasteiger partial charge on any atom is -0.392 e. The summed E-state index contributed by atoms with van der Waals surface area (Å²) >= 11 is 9.53. The van der Waals surface area contributed by atoms with Crippen molar-refractivity contribution in [1.29, 1.82) is 0 Å². The molecule has 1 amide bonds. The van der Waals surface area contributed by atoms with Gasteiger partial charge >= 0.3 is 0 Å². The van der Waals surface area contributed by atoms with E-state index in [1.54, 1.807) is 4.90 Å². The number of rotatable bonds is 4. The number of carbonyl (C=O) groups excluding carboxylic acids is 1. The summed E-state index contributed by atoms with van der Waals surface area (Å²) in [6.45, 7) is 2.83. The fourth-order valence-corrected chi connectivity index (χ4v) is 2.77. The average molecular weight is 307 g/mol. The van der Waals surface area contributed by atoms with Crippen molar-refractivity contribution in [1.82, 2.24) is 4.90 Å². The van der Waals surface area contributed by atoms with Crippen LogP contribution < -0.4 is 5.73 Å². The molecule has 1 aromatic heterocycles. The van der Waals surface area contributed by atoms with Crippen LogP contribution in [0.2, 0.25) is 0 Å². The van der Waals surface area contributed by atoms with Gasteiger partial charge in [-0.25, -0.2) is 0 Å². The Kier molecular flexibility index (Phi) is 4.69. The highest BCUT2D eigenvalue weighted by Crippen LogP contribution is 2.24. The number of hydrogen-bond donors (Lipinski definition) is 1. The number of amides is 1. The van der Waals surface area contributed by atoms with Crippen LogP contribution >= 0.6 is 39.5 Å². The first-order valence-corrected chi connectivity index (χ1v) is 6.45. The lowest BCUT2D eigenvalue weighted by Gasteiger charge is -2.19. The Morgan fingerprint density at radius 3 is 2.80 bits per heavy atom. The molecular weight excluding hydrogens is 296 g/mol. The SMILES string of the molecule is CCN(CC(N)=S)C(=O)c1sccc1Br. The molecule has 0 saturated carbocycles. The molecule has 0 atom stereocenters. The normalized spacial score (nSPS) is 10.0. The summed E-state index contributed by atoms with van der Waals surface area (Å²) in [6, 6.07) is 1.85. The summed E-state index contributed by atoms with van der Waals surface area (Å²) < 4.78 is 0.818. The molecule has 6 heteroatoms. The fourth-order valence-electron chi connectivity index (χ4n) is 1.11. The molecule has 1 aromatic rings. The van der Waals surface area contributed by atoms with Crippen LogP contribution in [0.5, 0.6) is 0 Å². The van der Waals surface area contributed by atoms with E-state index in [9.17, 15) is 4.79 Å². The van der Waals surface area contributed by atoms with E-state index in [0.717, 1.165) is 4.47 Å². The van der Waals surface area contributed by atoms with Gasteiger partial charge in [-0.05, 0) is 34.3 Å². The summed E-state index contributed by atoms with van der Waals surface area (Å²) in [6.07, 6.45) is 0. The van der Waals surface area contributed by atoms with Gasteiger partial charge in [0.2, 0.25) is 0 Å². The largest absolute Gasteiger partial charge is 0.392 e. The number of thiophene rings is 1. The van der Waals surface area contributed by atoms with E-state index in [2.05, 4.69) is 15.9 Å². The molecule has 0 fully saturated rings. The van der Waals surface area contributed by atoms with E-state index in [-0.39, 0.29) is 5.91 Å². The molecule has 0 aromatic carbocycles. The van der Waals surface area contributed by atoms with Gasteiger partial charge in [-0.3, -0.25) is 4.79 Å². The van der Waals surface area contributed by atoms with Crippen molar-refractivity contribution in [2.45, 2.75) is 6.92 Å². The lowest BCUT2D eigenvalue weighted by atomic mass is 10.4. The van der Waals surface area contributed by atoms with Gasteiger partial charge in [0.05, 0.1) is 11.5 Å². The molecule has 0 aliphatic carbocycles. The summed E-state index contributed by atoms with van der Waals surface area (Å²) in [5.74, 6) is -0.0350. The Balaban J connectivity index is 2.82. The third kappa shape index (κ3) is 3.25. The molecule has 0 spiro atoms. The molecule has 3 nitrogen and oxygen atoms in total. The topological polar surface area (TPSA) is 46.3 Å². The molecular formula is C9H11BrN2OS2. The molecule has 82 valence electrons. The third-order valence-corrected chi connectivity index (χ3v) is 3.78. The van der Waals surface area contributed by atoms with Crippen LogP contribution in [0.15, 0.2) is 15.9 Å². The number of likely N-dealkylation sites (N-methyl/N-ethyl adjacent to an activating group) is 1. The number of carbonyl (C=O) groups is 1. The zero-order valence-corrected chi connectivity index (χ0v) is 11.4. The Morgan fingerprint density at radius 1 is 1.73 bits per heavy atom. The summed E-state index contributed by atoms with van der Waals surface area (Å²) in [5.41, 5.74) is 5.43. The van der Waals surface area contributed by atoms with Crippen molar-refractivity contribution in [3.05, 3.63) is 20.8 Å². The zero-order chi connectivity index (χ0) is 11.4. The fraction of sp³-hybridized carbons (Fsp3) is 0.333. The molecule has 0 bridgehead atoms. The maximum atomic E-state index is 12.0. The van der Waals surface area contributed by atoms with Crippen LogP contribution in [0.25, 0.3) is 0 Å². The Hall–Kier alpha value is -0.460. The van der Waals surface area contributed by atoms with Gasteiger partial charge in [-0.2, -0.15) is 0 Å². The zero-order valence-electron chi connectivity index (χ0n) is 8.20. The van der Waals surface area contributed by atoms with Gasteiger partial charge < -0.3 is 10.6 Å². The predicted octanol–water partition coefficient (Wildman–Crippen LogP) is 2.26. The molecule has 0 aliphatic rings. The van der Waals surface area contributed by atoms with Crippen LogP contribution in [0.1, 0.15) is 16.6 Å². The van der Waals surface area contributed by atoms with Crippen molar-refractivity contribution in [3.63, 3.8) is 0 Å². The highest BCUT2D eigenvalue weighted by Gasteiger charge is 2.18. The average Bonchev–Trinajstić information content (AvgIpc) is 2.59. The predicted molar refractivity (Wildman–Crippen MR) is 70.4 cm³/mol. The van der Waals surface area contributed by atoms with E-state index in [1.807, 2.05) is 18.4 Å². The van der Waals surface area contributed by atoms with E-state index >= 15 is 0 Å². The number of hydrogen-bond acceptors (Lipinski definition) is 3. The van der Waals surface area contributed by atoms with Crippen molar-refractivity contribution in [2.75, 3.05) is 13.1 Å². The summed E-state index contributed by atoms with van der Waals surface area (Å²) in [4.78, 5) is 14.6. The number of halogens is 1. The van der Waals surface area contributed by atoms with Crippen LogP contribution in [-0.4, -0.2) is 28.9 Å². The van der Waals surface area contributed by atoms with Gasteiger partial charge in [-0.1, -0.05) is 12.2 Å². The Labute approximate surface area is 106 Å². The van der Waals surface area contributed by atoms with E-state index in [0.29, 0.717) is 23.0 Å². The van der Waals surface area contributed by atoms with Crippen molar-refractivity contribution in [2.24, 2.45) is 5.73 Å². The lowest BCUT2D eigenvalue weighted by molar-refractivity contribution is 0.0792. The van der Waals surface area contributed by atoms with E-state index in [4.69, 9.17) is 18.0 Å². The standard InChI is InChI=1S/C9H11BrN2OS2/c1-2-12(5-7(11)14)9(13)8-6(10)3-4-15-8/h3-4H,2,5H2,1H3,(H2,11,14). The van der Waals surface area contributed by atoms with Crippen LogP contribution in [0.4, 0.5) is 0 Å². The maximum absolute atomic E-state index is 12.0. The molecule has 0 aliphatic heterocycles. The number of thiocarbonyl (C=S) groups is 1. The van der Waals surface area contributed by atoms with Gasteiger partial charge in [0.25, 0.3) is 5.91 Å². The van der Waals surface area contributed by atoms with Crippen molar-refractivity contribution >= 4 is 50.4 Å².